The number of carbonyl (C=O) groups excluding carboxylic acids is 1. The monoisotopic (exact) mass is 183 g/mol. The van der Waals surface area contributed by atoms with Gasteiger partial charge in [0, 0.05) is 20.0 Å². The van der Waals surface area contributed by atoms with E-state index >= 15 is 0 Å². The molecule has 0 fully saturated rings. The largest absolute Gasteiger partial charge is 0.359 e. The smallest absolute Gasteiger partial charge is 0.221 e. The summed E-state index contributed by atoms with van der Waals surface area (Å²) < 4.78 is 19.4. The zero-order chi connectivity index (χ0) is 8.91. The first-order chi connectivity index (χ1) is 4.95. The number of amides is 1. The van der Waals surface area contributed by atoms with Gasteiger partial charge in [-0.3, -0.25) is 13.9 Å². The molecule has 0 radical (unpaired) electrons. The Morgan fingerprint density at radius 1 is 1.64 bits per heavy atom. The van der Waals surface area contributed by atoms with Crippen LogP contribution in [0.25, 0.3) is 0 Å². The molecule has 7 heteroatoms. The number of carbonyl (C=O) groups is 1. The van der Waals surface area contributed by atoms with Gasteiger partial charge in [-0.1, -0.05) is 11.0 Å². The van der Waals surface area contributed by atoms with Crippen LogP contribution in [-0.2, 0) is 4.79 Å². The molecule has 0 aromatic rings. The predicted molar refractivity (Wildman–Crippen MR) is 43.7 cm³/mol. The predicted octanol–water partition coefficient (Wildman–Crippen LogP) is -0.749. The summed E-state index contributed by atoms with van der Waals surface area (Å²) in [7, 11) is -1.66. The molecule has 0 atom stereocenters. The highest BCUT2D eigenvalue weighted by atomic mass is 32.3. The maximum Gasteiger partial charge on any atom is 0.221 e. The van der Waals surface area contributed by atoms with E-state index in [0.717, 1.165) is 0 Å². The van der Waals surface area contributed by atoms with Gasteiger partial charge >= 0.3 is 0 Å². The summed E-state index contributed by atoms with van der Waals surface area (Å²) in [5.41, 5.74) is 0. The van der Waals surface area contributed by atoms with Gasteiger partial charge in [-0.2, -0.15) is 0 Å². The van der Waals surface area contributed by atoms with Crippen LogP contribution in [0.2, 0.25) is 0 Å². The van der Waals surface area contributed by atoms with Gasteiger partial charge in [-0.05, 0) is 0 Å². The van der Waals surface area contributed by atoms with E-state index in [9.17, 15) is 4.79 Å². The molecule has 68 valence electrons. The van der Waals surface area contributed by atoms with Gasteiger partial charge in [0.15, 0.2) is 0 Å². The third-order valence-corrected chi connectivity index (χ3v) is 1.57. The Morgan fingerprint density at radius 2 is 2.18 bits per heavy atom. The third-order valence-electron chi connectivity index (χ3n) is 0.945. The van der Waals surface area contributed by atoms with Crippen molar-refractivity contribution in [1.82, 2.24) is 10.0 Å². The van der Waals surface area contributed by atoms with Crippen LogP contribution in [-0.4, -0.2) is 28.6 Å². The molecule has 6 nitrogen and oxygen atoms in total. The Labute approximate surface area is 66.8 Å². The van der Waals surface area contributed by atoms with E-state index in [1.807, 2.05) is 0 Å². The molecule has 0 bridgehead atoms. The second-order valence-electron chi connectivity index (χ2n) is 1.91. The van der Waals surface area contributed by atoms with Gasteiger partial charge in [-0.25, -0.2) is 9.86 Å². The zero-order valence-electron chi connectivity index (χ0n) is 6.20. The quantitative estimate of drug-likeness (QED) is 0.394. The van der Waals surface area contributed by atoms with Crippen molar-refractivity contribution in [3.05, 3.63) is 0 Å². The maximum atomic E-state index is 10.6. The molecular weight excluding hydrogens is 170 g/mol. The van der Waals surface area contributed by atoms with Gasteiger partial charge in [0.2, 0.25) is 5.91 Å². The Bertz CT molecular complexity index is 135. The van der Waals surface area contributed by atoms with Crippen LogP contribution in [0.15, 0.2) is 0 Å². The van der Waals surface area contributed by atoms with Crippen molar-refractivity contribution in [2.75, 3.05) is 13.6 Å². The van der Waals surface area contributed by atoms with Crippen LogP contribution in [0.1, 0.15) is 6.42 Å². The van der Waals surface area contributed by atoms with Crippen LogP contribution in [0.5, 0.6) is 0 Å². The van der Waals surface area contributed by atoms with Gasteiger partial charge in [0.25, 0.3) is 0 Å². The first kappa shape index (κ1) is 10.7. The third kappa shape index (κ3) is 7.56. The summed E-state index contributed by atoms with van der Waals surface area (Å²) in [5.74, 6) is -0.179. The summed E-state index contributed by atoms with van der Waals surface area (Å²) in [4.78, 5) is 10.6. The van der Waals surface area contributed by atoms with E-state index in [-0.39, 0.29) is 18.9 Å². The van der Waals surface area contributed by atoms with Crippen molar-refractivity contribution in [1.29, 1.82) is 0 Å². The van der Waals surface area contributed by atoms with E-state index in [2.05, 4.69) is 10.0 Å². The standard InChI is InChI=1S/C4H13N3O3S/c1-6-4(8)2-3-7-11(5,9)10/h7,9-10H,2-3,5H2,1H3,(H,6,8). The van der Waals surface area contributed by atoms with Gasteiger partial charge < -0.3 is 5.32 Å². The molecule has 11 heavy (non-hydrogen) atoms. The maximum absolute atomic E-state index is 10.6. The minimum atomic E-state index is -3.16. The highest BCUT2D eigenvalue weighted by Crippen LogP contribution is 2.20. The first-order valence-corrected chi connectivity index (χ1v) is 4.58. The van der Waals surface area contributed by atoms with Crippen LogP contribution in [0.3, 0.4) is 0 Å². The van der Waals surface area contributed by atoms with E-state index in [1.54, 1.807) is 0 Å². The summed E-state index contributed by atoms with van der Waals surface area (Å²) in [6.07, 6.45) is 0.170. The van der Waals surface area contributed by atoms with Crippen molar-refractivity contribution in [3.63, 3.8) is 0 Å². The lowest BCUT2D eigenvalue weighted by atomic mass is 10.4. The highest BCUT2D eigenvalue weighted by Gasteiger charge is 2.03. The summed E-state index contributed by atoms with van der Waals surface area (Å²) >= 11 is 0. The molecule has 0 aromatic heterocycles. The van der Waals surface area contributed by atoms with Gasteiger partial charge in [-0.15, -0.1) is 0 Å². The van der Waals surface area contributed by atoms with Gasteiger partial charge in [0.1, 0.15) is 0 Å². The molecule has 0 spiro atoms. The van der Waals surface area contributed by atoms with Crippen molar-refractivity contribution in [3.8, 4) is 0 Å². The van der Waals surface area contributed by atoms with Crippen LogP contribution in [0.4, 0.5) is 0 Å². The summed E-state index contributed by atoms with van der Waals surface area (Å²) in [6.45, 7) is 0.151. The number of hydrogen-bond donors (Lipinski definition) is 5. The van der Waals surface area contributed by atoms with Crippen LogP contribution in [0, 0.1) is 0 Å². The summed E-state index contributed by atoms with van der Waals surface area (Å²) in [6, 6.07) is 0. The molecule has 0 saturated carbocycles. The fraction of sp³-hybridized carbons (Fsp3) is 0.750. The minimum Gasteiger partial charge on any atom is -0.359 e. The molecule has 0 saturated heterocycles. The molecule has 0 heterocycles. The van der Waals surface area contributed by atoms with E-state index in [0.29, 0.717) is 0 Å². The second-order valence-corrected chi connectivity index (χ2v) is 3.38. The highest BCUT2D eigenvalue weighted by molar-refractivity contribution is 8.20. The number of nitrogens with one attached hydrogen (secondary N) is 2. The topological polar surface area (TPSA) is 108 Å². The molecule has 0 aliphatic carbocycles. The zero-order valence-corrected chi connectivity index (χ0v) is 7.02. The fourth-order valence-corrected chi connectivity index (χ4v) is 0.842. The van der Waals surface area contributed by atoms with Crippen LogP contribution >= 0.6 is 11.0 Å². The molecule has 0 unspecified atom stereocenters. The van der Waals surface area contributed by atoms with Crippen LogP contribution < -0.4 is 15.2 Å². The van der Waals surface area contributed by atoms with Gasteiger partial charge in [0.05, 0.1) is 0 Å². The Morgan fingerprint density at radius 3 is 2.55 bits per heavy atom. The number of nitrogens with two attached hydrogens (primary N) is 1. The Balaban J connectivity index is 3.35. The molecule has 0 aliphatic heterocycles. The second kappa shape index (κ2) is 4.52. The average molecular weight is 183 g/mol. The van der Waals surface area contributed by atoms with Crippen molar-refractivity contribution < 1.29 is 13.9 Å². The molecular formula is C4H13N3O3S. The van der Waals surface area contributed by atoms with E-state index in [4.69, 9.17) is 14.2 Å². The van der Waals surface area contributed by atoms with Crippen molar-refractivity contribution in [2.24, 2.45) is 5.14 Å². The molecule has 0 aliphatic rings. The fourth-order valence-electron chi connectivity index (χ4n) is 0.440. The minimum absolute atomic E-state index is 0.151. The Kier molecular flexibility index (Phi) is 4.38. The lowest BCUT2D eigenvalue weighted by Gasteiger charge is -2.26. The normalized spacial score (nSPS) is 12.7. The lowest BCUT2D eigenvalue weighted by Crippen LogP contribution is -2.30. The molecule has 6 N–H and O–H groups in total. The lowest BCUT2D eigenvalue weighted by molar-refractivity contribution is -0.120. The number of rotatable bonds is 4. The SMILES string of the molecule is CNC(=O)CCNS(N)(O)O. The molecule has 0 rings (SSSR count). The van der Waals surface area contributed by atoms with Crippen molar-refractivity contribution in [2.45, 2.75) is 6.42 Å². The Hall–Kier alpha value is -0.340. The molecule has 0 aromatic carbocycles. The average Bonchev–Trinajstić information content (AvgIpc) is 1.85. The molecule has 1 amide bonds. The number of hydrogen-bond acceptors (Lipinski definition) is 5. The van der Waals surface area contributed by atoms with E-state index in [1.165, 1.54) is 7.05 Å². The first-order valence-electron chi connectivity index (χ1n) is 2.97. The van der Waals surface area contributed by atoms with E-state index < -0.39 is 11.0 Å². The summed E-state index contributed by atoms with van der Waals surface area (Å²) in [5, 5.41) is 7.19. The van der Waals surface area contributed by atoms with Crippen molar-refractivity contribution >= 4 is 16.9 Å².